The van der Waals surface area contributed by atoms with Crippen LogP contribution in [0.3, 0.4) is 0 Å². The van der Waals surface area contributed by atoms with E-state index >= 15 is 0 Å². The highest BCUT2D eigenvalue weighted by Crippen LogP contribution is 2.37. The van der Waals surface area contributed by atoms with Crippen LogP contribution in [0.1, 0.15) is 48.0 Å². The largest absolute Gasteiger partial charge is 0.465 e. The number of hydrogen-bond acceptors (Lipinski definition) is 6. The van der Waals surface area contributed by atoms with Gasteiger partial charge in [0.05, 0.1) is 23.5 Å². The normalized spacial score (nSPS) is 18.4. The third-order valence-electron chi connectivity index (χ3n) is 7.93. The van der Waals surface area contributed by atoms with E-state index in [2.05, 4.69) is 16.4 Å². The zero-order valence-electron chi connectivity index (χ0n) is 21.9. The summed E-state index contributed by atoms with van der Waals surface area (Å²) in [7, 11) is 0. The van der Waals surface area contributed by atoms with Gasteiger partial charge in [-0.1, -0.05) is 0 Å². The quantitative estimate of drug-likeness (QED) is 0.432. The van der Waals surface area contributed by atoms with Gasteiger partial charge in [0.1, 0.15) is 5.39 Å². The number of nitrogens with one attached hydrogen (secondary N) is 2. The van der Waals surface area contributed by atoms with Gasteiger partial charge < -0.3 is 25.2 Å². The molecule has 3 N–H and O–H groups in total. The lowest BCUT2D eigenvalue weighted by Crippen LogP contribution is -2.48. The molecule has 0 atom stereocenters. The molecule has 2 amide bonds. The van der Waals surface area contributed by atoms with Gasteiger partial charge in [0.2, 0.25) is 0 Å². The van der Waals surface area contributed by atoms with E-state index in [1.807, 2.05) is 0 Å². The number of aromatic nitrogens is 3. The number of halogens is 2. The average Bonchev–Trinajstić information content (AvgIpc) is 3.29. The van der Waals surface area contributed by atoms with Gasteiger partial charge in [-0.05, 0) is 49.6 Å². The number of alkyl halides is 2. The summed E-state index contributed by atoms with van der Waals surface area (Å²) in [5, 5.41) is 27.2. The van der Waals surface area contributed by atoms with Crippen LogP contribution < -0.4 is 10.9 Å². The molecule has 0 bridgehead atoms. The second-order valence-electron chi connectivity index (χ2n) is 10.5. The summed E-state index contributed by atoms with van der Waals surface area (Å²) in [5.41, 5.74) is 0.921. The minimum absolute atomic E-state index is 0.00779. The lowest BCUT2D eigenvalue weighted by molar-refractivity contribution is -0.0494. The molecule has 5 rings (SSSR count). The van der Waals surface area contributed by atoms with Crippen molar-refractivity contribution >= 4 is 34.4 Å². The molecule has 3 aromatic rings. The first-order valence-corrected chi connectivity index (χ1v) is 13.0. The predicted molar refractivity (Wildman–Crippen MR) is 142 cm³/mol. The van der Waals surface area contributed by atoms with Gasteiger partial charge in [-0.25, -0.2) is 13.6 Å². The molecule has 13 heteroatoms. The number of amides is 2. The molecule has 40 heavy (non-hydrogen) atoms. The number of rotatable bonds is 5. The van der Waals surface area contributed by atoms with E-state index in [4.69, 9.17) is 5.10 Å². The van der Waals surface area contributed by atoms with Crippen LogP contribution in [-0.2, 0) is 5.54 Å². The van der Waals surface area contributed by atoms with Gasteiger partial charge in [-0.15, -0.1) is 0 Å². The Morgan fingerprint density at radius 1 is 1.12 bits per heavy atom. The molecule has 0 aliphatic carbocycles. The zero-order valence-corrected chi connectivity index (χ0v) is 21.9. The number of aryl methyl sites for hydroxylation is 1. The molecule has 210 valence electrons. The number of carboxylic acid groups (broad SMARTS) is 1. The number of carbonyl (C=O) groups is 2. The van der Waals surface area contributed by atoms with Crippen molar-refractivity contribution < 1.29 is 23.5 Å². The van der Waals surface area contributed by atoms with Crippen LogP contribution in [0.15, 0.2) is 35.3 Å². The Labute approximate surface area is 228 Å². The van der Waals surface area contributed by atoms with Crippen molar-refractivity contribution in [1.82, 2.24) is 24.6 Å². The van der Waals surface area contributed by atoms with Crippen LogP contribution in [0, 0.1) is 18.3 Å². The summed E-state index contributed by atoms with van der Waals surface area (Å²) in [6.07, 6.45) is 0.557. The Morgan fingerprint density at radius 2 is 1.80 bits per heavy atom. The van der Waals surface area contributed by atoms with Crippen molar-refractivity contribution in [3.05, 3.63) is 51.9 Å². The number of nitrogens with zero attached hydrogens (tertiary/aromatic N) is 5. The van der Waals surface area contributed by atoms with E-state index in [1.54, 1.807) is 35.9 Å². The maximum Gasteiger partial charge on any atom is 0.407 e. The van der Waals surface area contributed by atoms with Crippen molar-refractivity contribution in [2.45, 2.75) is 50.5 Å². The zero-order chi connectivity index (χ0) is 28.7. The van der Waals surface area contributed by atoms with Crippen LogP contribution in [0.4, 0.5) is 25.1 Å². The van der Waals surface area contributed by atoms with E-state index in [9.17, 15) is 33.5 Å². The molecule has 0 saturated carbocycles. The maximum absolute atomic E-state index is 13.5. The fraction of sp³-hybridized carbons (Fsp3) is 0.444. The minimum Gasteiger partial charge on any atom is -0.465 e. The number of pyridine rings is 1. The van der Waals surface area contributed by atoms with E-state index in [0.29, 0.717) is 35.2 Å². The van der Waals surface area contributed by atoms with Gasteiger partial charge in [0.15, 0.2) is 5.82 Å². The number of likely N-dealkylation sites (tertiary alicyclic amines) is 2. The van der Waals surface area contributed by atoms with Crippen molar-refractivity contribution in [3.63, 3.8) is 0 Å². The number of benzene rings is 1. The van der Waals surface area contributed by atoms with Crippen LogP contribution in [0.5, 0.6) is 0 Å². The summed E-state index contributed by atoms with van der Waals surface area (Å²) < 4.78 is 28.7. The number of carbonyl (C=O) groups excluding carboxylic acids is 1. The molecule has 2 aliphatic rings. The number of H-pyrrole nitrogens is 1. The fourth-order valence-electron chi connectivity index (χ4n) is 5.58. The minimum atomic E-state index is -2.75. The Morgan fingerprint density at radius 3 is 2.42 bits per heavy atom. The third-order valence-corrected chi connectivity index (χ3v) is 7.93. The Bertz CT molecular complexity index is 1560. The molecular formula is C27H29F2N7O4. The van der Waals surface area contributed by atoms with E-state index in [0.717, 1.165) is 0 Å². The highest BCUT2D eigenvalue weighted by atomic mass is 19.3. The molecular weight excluding hydrogens is 524 g/mol. The first kappa shape index (κ1) is 27.1. The summed E-state index contributed by atoms with van der Waals surface area (Å²) in [6, 6.07) is 8.92. The average molecular weight is 554 g/mol. The highest BCUT2D eigenvalue weighted by Gasteiger charge is 2.40. The molecule has 1 aromatic carbocycles. The number of hydrogen-bond donors (Lipinski definition) is 3. The topological polar surface area (TPSA) is 147 Å². The Kier molecular flexibility index (Phi) is 6.95. The molecule has 2 fully saturated rings. The smallest absolute Gasteiger partial charge is 0.407 e. The number of piperidine rings is 2. The number of aromatic amines is 1. The summed E-state index contributed by atoms with van der Waals surface area (Å²) >= 11 is 0. The second kappa shape index (κ2) is 10.3. The third kappa shape index (κ3) is 4.97. The van der Waals surface area contributed by atoms with Gasteiger partial charge in [-0.2, -0.15) is 10.4 Å². The van der Waals surface area contributed by atoms with E-state index < -0.39 is 17.6 Å². The molecule has 2 aliphatic heterocycles. The fourth-order valence-corrected chi connectivity index (χ4v) is 5.58. The molecule has 2 saturated heterocycles. The first-order valence-electron chi connectivity index (χ1n) is 13.0. The van der Waals surface area contributed by atoms with Crippen LogP contribution in [0.2, 0.25) is 0 Å². The predicted octanol–water partition coefficient (Wildman–Crippen LogP) is 4.03. The standard InChI is InChI=1S/C27H29F2N7O4/c1-17-16-18(2-3-19(17)24(38)34-14-8-27(28,29)9-15-34)32-22-21-20(4-11-31-23(21)37)36(33-22)26(5-10-30)6-12-35(13-7-26)25(39)40/h2-4,11,16H,5-9,12-15H2,1H3,(H,31,37)(H,32,33)(H,39,40). The van der Waals surface area contributed by atoms with Crippen molar-refractivity contribution in [3.8, 4) is 6.07 Å². The Balaban J connectivity index is 1.45. The molecule has 0 spiro atoms. The lowest BCUT2D eigenvalue weighted by atomic mass is 9.85. The highest BCUT2D eigenvalue weighted by molar-refractivity contribution is 5.97. The summed E-state index contributed by atoms with van der Waals surface area (Å²) in [5.74, 6) is -2.80. The lowest BCUT2D eigenvalue weighted by Gasteiger charge is -2.40. The second-order valence-corrected chi connectivity index (χ2v) is 10.5. The van der Waals surface area contributed by atoms with Crippen LogP contribution in [-0.4, -0.2) is 73.8 Å². The van der Waals surface area contributed by atoms with Gasteiger partial charge in [0.25, 0.3) is 17.4 Å². The molecule has 0 unspecified atom stereocenters. The van der Waals surface area contributed by atoms with E-state index in [-0.39, 0.29) is 68.1 Å². The van der Waals surface area contributed by atoms with Crippen molar-refractivity contribution in [1.29, 1.82) is 5.26 Å². The van der Waals surface area contributed by atoms with Crippen LogP contribution >= 0.6 is 0 Å². The number of nitriles is 1. The number of fused-ring (bicyclic) bond motifs is 1. The molecule has 2 aromatic heterocycles. The number of anilines is 2. The monoisotopic (exact) mass is 553 g/mol. The molecule has 0 radical (unpaired) electrons. The Hall–Kier alpha value is -4.47. The summed E-state index contributed by atoms with van der Waals surface area (Å²) in [6.45, 7) is 2.19. The maximum atomic E-state index is 13.5. The first-order chi connectivity index (χ1) is 19.0. The molecule has 4 heterocycles. The van der Waals surface area contributed by atoms with Gasteiger partial charge in [-0.3, -0.25) is 14.3 Å². The van der Waals surface area contributed by atoms with Crippen molar-refractivity contribution in [2.75, 3.05) is 31.5 Å². The molecule has 11 nitrogen and oxygen atoms in total. The van der Waals surface area contributed by atoms with Crippen LogP contribution in [0.25, 0.3) is 10.9 Å². The van der Waals surface area contributed by atoms with Crippen molar-refractivity contribution in [2.24, 2.45) is 0 Å². The van der Waals surface area contributed by atoms with Gasteiger partial charge in [0, 0.05) is 56.5 Å². The SMILES string of the molecule is Cc1cc(Nc2nn(C3(CC#N)CCN(C(=O)O)CC3)c3cc[nH]c(=O)c23)ccc1C(=O)N1CCC(F)(F)CC1. The van der Waals surface area contributed by atoms with Gasteiger partial charge >= 0.3 is 6.09 Å². The summed E-state index contributed by atoms with van der Waals surface area (Å²) in [4.78, 5) is 42.8. The van der Waals surface area contributed by atoms with E-state index in [1.165, 1.54) is 16.0 Å².